The smallest absolute Gasteiger partial charge is 0.229 e. The van der Waals surface area contributed by atoms with Crippen molar-refractivity contribution in [3.8, 4) is 5.75 Å². The maximum absolute atomic E-state index is 5.92. The molecule has 6 heteroatoms. The molecule has 2 aliphatic rings. The van der Waals surface area contributed by atoms with Crippen molar-refractivity contribution in [1.29, 1.82) is 0 Å². The van der Waals surface area contributed by atoms with E-state index in [0.29, 0.717) is 5.95 Å². The molecule has 4 rings (SSSR count). The number of nitrogens with zero attached hydrogens (tertiary/aromatic N) is 4. The number of ether oxygens (including phenoxy) is 1. The fourth-order valence-corrected chi connectivity index (χ4v) is 4.25. The lowest BCUT2D eigenvalue weighted by Crippen LogP contribution is -2.33. The number of rotatable bonds is 8. The minimum atomic E-state index is 0.640. The molecule has 0 amide bonds. The van der Waals surface area contributed by atoms with Gasteiger partial charge in [0.05, 0.1) is 6.61 Å². The van der Waals surface area contributed by atoms with Crippen molar-refractivity contribution in [3.63, 3.8) is 0 Å². The van der Waals surface area contributed by atoms with Gasteiger partial charge in [-0.05, 0) is 81.4 Å². The highest BCUT2D eigenvalue weighted by molar-refractivity contribution is 5.56. The van der Waals surface area contributed by atoms with Gasteiger partial charge in [0.15, 0.2) is 0 Å². The molecule has 2 saturated heterocycles. The molecule has 1 aromatic heterocycles. The van der Waals surface area contributed by atoms with E-state index in [4.69, 9.17) is 9.72 Å². The van der Waals surface area contributed by atoms with Gasteiger partial charge in [-0.1, -0.05) is 13.3 Å². The molecular weight excluding hydrogens is 374 g/mol. The molecule has 162 valence electrons. The number of piperidine rings is 2. The number of likely N-dealkylation sites (tertiary alicyclic amines) is 1. The summed E-state index contributed by atoms with van der Waals surface area (Å²) in [6, 6.07) is 10.1. The first-order valence-corrected chi connectivity index (χ1v) is 11.6. The van der Waals surface area contributed by atoms with Crippen molar-refractivity contribution < 1.29 is 4.74 Å². The zero-order valence-corrected chi connectivity index (χ0v) is 18.2. The number of hydrogen-bond donors (Lipinski definition) is 1. The second-order valence-electron chi connectivity index (χ2n) is 8.66. The van der Waals surface area contributed by atoms with Gasteiger partial charge in [-0.3, -0.25) is 0 Å². The molecule has 0 bridgehead atoms. The molecule has 6 nitrogen and oxygen atoms in total. The molecule has 2 fully saturated rings. The van der Waals surface area contributed by atoms with Crippen LogP contribution < -0.4 is 15.0 Å². The van der Waals surface area contributed by atoms with Crippen molar-refractivity contribution in [1.82, 2.24) is 14.9 Å². The van der Waals surface area contributed by atoms with Gasteiger partial charge in [0.1, 0.15) is 11.6 Å². The summed E-state index contributed by atoms with van der Waals surface area (Å²) in [6.07, 6.45) is 9.45. The first kappa shape index (κ1) is 20.9. The summed E-state index contributed by atoms with van der Waals surface area (Å²) >= 11 is 0. The number of anilines is 3. The van der Waals surface area contributed by atoms with E-state index < -0.39 is 0 Å². The molecule has 0 saturated carbocycles. The van der Waals surface area contributed by atoms with Crippen LogP contribution in [0.1, 0.15) is 45.4 Å². The minimum Gasteiger partial charge on any atom is -0.494 e. The largest absolute Gasteiger partial charge is 0.494 e. The van der Waals surface area contributed by atoms with Crippen LogP contribution in [0.2, 0.25) is 0 Å². The summed E-state index contributed by atoms with van der Waals surface area (Å²) < 4.78 is 5.92. The van der Waals surface area contributed by atoms with Gasteiger partial charge in [0, 0.05) is 31.5 Å². The van der Waals surface area contributed by atoms with E-state index in [1.54, 1.807) is 0 Å². The Morgan fingerprint density at radius 3 is 2.53 bits per heavy atom. The van der Waals surface area contributed by atoms with Crippen LogP contribution in [0.25, 0.3) is 0 Å². The topological polar surface area (TPSA) is 53.5 Å². The van der Waals surface area contributed by atoms with Crippen LogP contribution in [0.15, 0.2) is 36.5 Å². The summed E-state index contributed by atoms with van der Waals surface area (Å²) in [6.45, 7) is 8.88. The second kappa shape index (κ2) is 10.6. The third-order valence-electron chi connectivity index (χ3n) is 6.20. The van der Waals surface area contributed by atoms with Gasteiger partial charge in [-0.15, -0.1) is 0 Å². The van der Waals surface area contributed by atoms with Crippen LogP contribution >= 0.6 is 0 Å². The molecule has 3 heterocycles. The lowest BCUT2D eigenvalue weighted by molar-refractivity contribution is 0.205. The Hall–Kier alpha value is -2.34. The zero-order chi connectivity index (χ0) is 20.6. The van der Waals surface area contributed by atoms with E-state index in [-0.39, 0.29) is 0 Å². The highest BCUT2D eigenvalue weighted by atomic mass is 16.5. The molecule has 2 aromatic rings. The van der Waals surface area contributed by atoms with Gasteiger partial charge >= 0.3 is 0 Å². The average Bonchev–Trinajstić information content (AvgIpc) is 2.79. The summed E-state index contributed by atoms with van der Waals surface area (Å²) in [5, 5.41) is 3.32. The lowest BCUT2D eigenvalue weighted by atomic mass is 9.99. The molecule has 0 atom stereocenters. The Bertz CT molecular complexity index is 767. The fourth-order valence-electron chi connectivity index (χ4n) is 4.25. The minimum absolute atomic E-state index is 0.640. The molecule has 1 N–H and O–H groups in total. The van der Waals surface area contributed by atoms with Gasteiger partial charge in [0.2, 0.25) is 5.95 Å². The van der Waals surface area contributed by atoms with E-state index in [1.807, 2.05) is 36.5 Å². The predicted octanol–water partition coefficient (Wildman–Crippen LogP) is 4.71. The van der Waals surface area contributed by atoms with Crippen LogP contribution in [-0.2, 0) is 0 Å². The molecule has 0 unspecified atom stereocenters. The third-order valence-corrected chi connectivity index (χ3v) is 6.20. The number of benzene rings is 1. The van der Waals surface area contributed by atoms with Gasteiger partial charge in [-0.2, -0.15) is 4.98 Å². The van der Waals surface area contributed by atoms with Crippen molar-refractivity contribution in [2.45, 2.75) is 45.4 Å². The molecule has 2 aliphatic heterocycles. The maximum atomic E-state index is 5.92. The molecule has 0 aliphatic carbocycles. The summed E-state index contributed by atoms with van der Waals surface area (Å²) in [7, 11) is 0. The van der Waals surface area contributed by atoms with E-state index in [9.17, 15) is 0 Å². The predicted molar refractivity (Wildman–Crippen MR) is 123 cm³/mol. The maximum Gasteiger partial charge on any atom is 0.229 e. The second-order valence-corrected chi connectivity index (χ2v) is 8.66. The van der Waals surface area contributed by atoms with Gasteiger partial charge < -0.3 is 19.9 Å². The highest BCUT2D eigenvalue weighted by Gasteiger charge is 2.17. The fraction of sp³-hybridized carbons (Fsp3) is 0.583. The van der Waals surface area contributed by atoms with E-state index in [0.717, 1.165) is 55.8 Å². The third kappa shape index (κ3) is 6.08. The quantitative estimate of drug-likeness (QED) is 0.637. The molecule has 1 aromatic carbocycles. The average molecular weight is 410 g/mol. The number of nitrogens with one attached hydrogen (secondary N) is 1. The van der Waals surface area contributed by atoms with Gasteiger partial charge in [0.25, 0.3) is 0 Å². The Labute approximate surface area is 180 Å². The Kier molecular flexibility index (Phi) is 7.40. The van der Waals surface area contributed by atoms with Crippen LogP contribution in [0, 0.1) is 5.92 Å². The van der Waals surface area contributed by atoms with Crippen molar-refractivity contribution in [2.75, 3.05) is 49.5 Å². The van der Waals surface area contributed by atoms with E-state index in [2.05, 4.69) is 27.0 Å². The zero-order valence-electron chi connectivity index (χ0n) is 18.2. The van der Waals surface area contributed by atoms with Crippen LogP contribution in [0.5, 0.6) is 5.75 Å². The van der Waals surface area contributed by atoms with Crippen molar-refractivity contribution in [2.24, 2.45) is 5.92 Å². The Morgan fingerprint density at radius 1 is 1.00 bits per heavy atom. The Morgan fingerprint density at radius 2 is 1.77 bits per heavy atom. The van der Waals surface area contributed by atoms with Gasteiger partial charge in [-0.25, -0.2) is 4.98 Å². The van der Waals surface area contributed by atoms with Crippen LogP contribution in [-0.4, -0.2) is 54.2 Å². The monoisotopic (exact) mass is 409 g/mol. The summed E-state index contributed by atoms with van der Waals surface area (Å²) in [4.78, 5) is 14.0. The summed E-state index contributed by atoms with van der Waals surface area (Å²) in [5.74, 6) is 3.37. The van der Waals surface area contributed by atoms with Crippen LogP contribution in [0.4, 0.5) is 17.5 Å². The first-order valence-electron chi connectivity index (χ1n) is 11.6. The molecular formula is C24H35N5O. The number of hydrogen-bond acceptors (Lipinski definition) is 6. The Balaban J connectivity index is 1.24. The molecule has 30 heavy (non-hydrogen) atoms. The standard InChI is InChI=1S/C24H35N5O/c1-20-11-17-29(18-12-20)23-10-13-25-24(27-23)26-21-6-8-22(9-7-21)30-19-5-16-28-14-3-2-4-15-28/h6-10,13,20H,2-5,11-12,14-19H2,1H3,(H,25,26,27). The summed E-state index contributed by atoms with van der Waals surface area (Å²) in [5.41, 5.74) is 0.972. The lowest BCUT2D eigenvalue weighted by Gasteiger charge is -2.31. The van der Waals surface area contributed by atoms with E-state index >= 15 is 0 Å². The van der Waals surface area contributed by atoms with E-state index in [1.165, 1.54) is 45.2 Å². The van der Waals surface area contributed by atoms with Crippen molar-refractivity contribution >= 4 is 17.5 Å². The normalized spacial score (nSPS) is 18.4. The first-order chi connectivity index (χ1) is 14.8. The molecule has 0 spiro atoms. The SMILES string of the molecule is CC1CCN(c2ccnc(Nc3ccc(OCCCN4CCCCC4)cc3)n2)CC1. The van der Waals surface area contributed by atoms with Crippen molar-refractivity contribution in [3.05, 3.63) is 36.5 Å². The number of aromatic nitrogens is 2. The molecule has 0 radical (unpaired) electrons. The van der Waals surface area contributed by atoms with Crippen LogP contribution in [0.3, 0.4) is 0 Å². The highest BCUT2D eigenvalue weighted by Crippen LogP contribution is 2.23.